The van der Waals surface area contributed by atoms with E-state index >= 15 is 0 Å². The van der Waals surface area contributed by atoms with Gasteiger partial charge in [0.2, 0.25) is 5.91 Å². The first-order valence-corrected chi connectivity index (χ1v) is 7.28. The summed E-state index contributed by atoms with van der Waals surface area (Å²) in [4.78, 5) is 14.6. The Balaban J connectivity index is 1.98. The lowest BCUT2D eigenvalue weighted by molar-refractivity contribution is -0.119. The zero-order chi connectivity index (χ0) is 14.8. The van der Waals surface area contributed by atoms with Crippen molar-refractivity contribution >= 4 is 11.6 Å². The van der Waals surface area contributed by atoms with E-state index < -0.39 is 0 Å². The van der Waals surface area contributed by atoms with Gasteiger partial charge in [-0.2, -0.15) is 0 Å². The highest BCUT2D eigenvalue weighted by Gasteiger charge is 2.36. The lowest BCUT2D eigenvalue weighted by Gasteiger charge is -2.16. The molecular formula is C18H19NO2. The summed E-state index contributed by atoms with van der Waals surface area (Å²) in [6.45, 7) is 2.72. The fourth-order valence-electron chi connectivity index (χ4n) is 3.08. The second-order valence-electron chi connectivity index (χ2n) is 5.21. The molecule has 0 fully saturated rings. The molecule has 0 spiro atoms. The Morgan fingerprint density at radius 2 is 1.81 bits per heavy atom. The van der Waals surface area contributed by atoms with E-state index in [1.54, 1.807) is 7.11 Å². The normalized spacial score (nSPS) is 17.0. The van der Waals surface area contributed by atoms with Crippen molar-refractivity contribution < 1.29 is 9.53 Å². The minimum atomic E-state index is -0.113. The summed E-state index contributed by atoms with van der Waals surface area (Å²) >= 11 is 0. The molecule has 0 aromatic heterocycles. The van der Waals surface area contributed by atoms with Crippen molar-refractivity contribution in [1.82, 2.24) is 0 Å². The number of fused-ring (bicyclic) bond motifs is 1. The number of para-hydroxylation sites is 2. The molecule has 3 rings (SSSR count). The highest BCUT2D eigenvalue weighted by Crippen LogP contribution is 2.39. The number of methoxy groups -OCH3 is 1. The molecular weight excluding hydrogens is 262 g/mol. The smallest absolute Gasteiger partial charge is 0.234 e. The van der Waals surface area contributed by atoms with Gasteiger partial charge in [-0.3, -0.25) is 4.79 Å². The summed E-state index contributed by atoms with van der Waals surface area (Å²) in [6, 6.07) is 16.0. The number of ether oxygens (including phenoxy) is 1. The second kappa shape index (κ2) is 5.60. The Kier molecular flexibility index (Phi) is 3.65. The molecule has 0 aliphatic carbocycles. The minimum Gasteiger partial charge on any atom is -0.496 e. The molecule has 0 bridgehead atoms. The van der Waals surface area contributed by atoms with Crippen LogP contribution in [0.4, 0.5) is 5.69 Å². The predicted molar refractivity (Wildman–Crippen MR) is 83.9 cm³/mol. The number of rotatable bonds is 4. The van der Waals surface area contributed by atoms with Crippen LogP contribution in [0.5, 0.6) is 5.75 Å². The zero-order valence-corrected chi connectivity index (χ0v) is 12.4. The van der Waals surface area contributed by atoms with E-state index in [0.717, 1.165) is 22.6 Å². The van der Waals surface area contributed by atoms with Gasteiger partial charge in [-0.15, -0.1) is 0 Å². The third kappa shape index (κ3) is 2.29. The van der Waals surface area contributed by atoms with Gasteiger partial charge in [0.25, 0.3) is 0 Å². The van der Waals surface area contributed by atoms with Crippen LogP contribution < -0.4 is 9.64 Å². The molecule has 1 heterocycles. The van der Waals surface area contributed by atoms with E-state index in [1.165, 1.54) is 0 Å². The topological polar surface area (TPSA) is 29.5 Å². The van der Waals surface area contributed by atoms with Crippen LogP contribution in [0.25, 0.3) is 0 Å². The Bertz CT molecular complexity index is 666. The fourth-order valence-corrected chi connectivity index (χ4v) is 3.08. The van der Waals surface area contributed by atoms with Crippen LogP contribution in [0.3, 0.4) is 0 Å². The van der Waals surface area contributed by atoms with Crippen LogP contribution in [0.1, 0.15) is 24.0 Å². The lowest BCUT2D eigenvalue weighted by atomic mass is 9.93. The first-order valence-electron chi connectivity index (χ1n) is 7.28. The Morgan fingerprint density at radius 3 is 2.57 bits per heavy atom. The van der Waals surface area contributed by atoms with E-state index in [4.69, 9.17) is 4.74 Å². The van der Waals surface area contributed by atoms with Crippen LogP contribution >= 0.6 is 0 Å². The number of carbonyl (C=O) groups excluding carboxylic acids is 1. The van der Waals surface area contributed by atoms with Gasteiger partial charge in [0.05, 0.1) is 13.0 Å². The summed E-state index contributed by atoms with van der Waals surface area (Å²) in [7, 11) is 1.67. The summed E-state index contributed by atoms with van der Waals surface area (Å²) in [6.07, 6.45) is 0.677. The number of likely N-dealkylation sites (N-methyl/N-ethyl adjacent to an activating group) is 1. The minimum absolute atomic E-state index is 0.113. The van der Waals surface area contributed by atoms with Crippen LogP contribution in [0, 0.1) is 0 Å². The van der Waals surface area contributed by atoms with E-state index in [-0.39, 0.29) is 11.8 Å². The molecule has 0 saturated carbocycles. The highest BCUT2D eigenvalue weighted by atomic mass is 16.5. The molecule has 1 aliphatic rings. The maximum absolute atomic E-state index is 12.7. The van der Waals surface area contributed by atoms with Crippen molar-refractivity contribution in [2.24, 2.45) is 0 Å². The number of benzene rings is 2. The average Bonchev–Trinajstić information content (AvgIpc) is 2.80. The average molecular weight is 281 g/mol. The number of nitrogens with zero attached hydrogens (tertiary/aromatic N) is 1. The maximum atomic E-state index is 12.7. The van der Waals surface area contributed by atoms with Gasteiger partial charge in [-0.05, 0) is 36.6 Å². The predicted octanol–water partition coefficient (Wildman–Crippen LogP) is 3.39. The zero-order valence-electron chi connectivity index (χ0n) is 12.4. The summed E-state index contributed by atoms with van der Waals surface area (Å²) in [5, 5.41) is 0. The van der Waals surface area contributed by atoms with Gasteiger partial charge in [-0.1, -0.05) is 36.4 Å². The number of hydrogen-bond donors (Lipinski definition) is 0. The standard InChI is InChI=1S/C18H19NO2/c1-3-19-16-10-6-5-9-14(16)15(18(19)20)12-13-8-4-7-11-17(13)21-2/h4-11,15H,3,12H2,1-2H3/t15-/m0/s1. The molecule has 0 N–H and O–H groups in total. The van der Waals surface area contributed by atoms with Gasteiger partial charge in [0.1, 0.15) is 5.75 Å². The molecule has 0 unspecified atom stereocenters. The first kappa shape index (κ1) is 13.7. The fraction of sp³-hybridized carbons (Fsp3) is 0.278. The van der Waals surface area contributed by atoms with Crippen LogP contribution in [-0.4, -0.2) is 19.6 Å². The van der Waals surface area contributed by atoms with Crippen LogP contribution in [-0.2, 0) is 11.2 Å². The van der Waals surface area contributed by atoms with Gasteiger partial charge in [0, 0.05) is 12.2 Å². The molecule has 0 saturated heterocycles. The Labute approximate surface area is 125 Å². The molecule has 3 heteroatoms. The molecule has 3 nitrogen and oxygen atoms in total. The monoisotopic (exact) mass is 281 g/mol. The summed E-state index contributed by atoms with van der Waals surface area (Å²) in [5.41, 5.74) is 3.24. The Hall–Kier alpha value is -2.29. The van der Waals surface area contributed by atoms with Crippen molar-refractivity contribution in [3.8, 4) is 5.75 Å². The second-order valence-corrected chi connectivity index (χ2v) is 5.21. The van der Waals surface area contributed by atoms with Crippen LogP contribution in [0.15, 0.2) is 48.5 Å². The van der Waals surface area contributed by atoms with Crippen molar-refractivity contribution in [1.29, 1.82) is 0 Å². The summed E-state index contributed by atoms with van der Waals surface area (Å²) in [5.74, 6) is 0.916. The van der Waals surface area contributed by atoms with Crippen molar-refractivity contribution in [3.05, 3.63) is 59.7 Å². The molecule has 1 atom stereocenters. The summed E-state index contributed by atoms with van der Waals surface area (Å²) < 4.78 is 5.41. The van der Waals surface area contributed by atoms with Crippen molar-refractivity contribution in [2.75, 3.05) is 18.6 Å². The third-order valence-corrected chi connectivity index (χ3v) is 4.10. The van der Waals surface area contributed by atoms with Crippen LogP contribution in [0.2, 0.25) is 0 Å². The van der Waals surface area contributed by atoms with Crippen molar-refractivity contribution in [3.63, 3.8) is 0 Å². The van der Waals surface area contributed by atoms with Gasteiger partial charge in [-0.25, -0.2) is 0 Å². The lowest BCUT2D eigenvalue weighted by Crippen LogP contribution is -2.29. The molecule has 108 valence electrons. The van der Waals surface area contributed by atoms with Gasteiger partial charge in [0.15, 0.2) is 0 Å². The maximum Gasteiger partial charge on any atom is 0.234 e. The molecule has 1 amide bonds. The van der Waals surface area contributed by atoms with Crippen molar-refractivity contribution in [2.45, 2.75) is 19.3 Å². The molecule has 2 aromatic carbocycles. The first-order chi connectivity index (χ1) is 10.3. The third-order valence-electron chi connectivity index (χ3n) is 4.10. The molecule has 0 radical (unpaired) electrons. The van der Waals surface area contributed by atoms with Gasteiger partial charge >= 0.3 is 0 Å². The highest BCUT2D eigenvalue weighted by molar-refractivity contribution is 6.05. The number of amides is 1. The van der Waals surface area contributed by atoms with E-state index in [9.17, 15) is 4.79 Å². The quantitative estimate of drug-likeness (QED) is 0.859. The number of anilines is 1. The largest absolute Gasteiger partial charge is 0.496 e. The molecule has 21 heavy (non-hydrogen) atoms. The molecule has 1 aliphatic heterocycles. The number of hydrogen-bond acceptors (Lipinski definition) is 2. The van der Waals surface area contributed by atoms with E-state index in [2.05, 4.69) is 6.07 Å². The number of carbonyl (C=O) groups is 1. The van der Waals surface area contributed by atoms with Gasteiger partial charge < -0.3 is 9.64 Å². The molecule has 2 aromatic rings. The van der Waals surface area contributed by atoms with E-state index in [0.29, 0.717) is 13.0 Å². The Morgan fingerprint density at radius 1 is 1.10 bits per heavy atom. The van der Waals surface area contributed by atoms with E-state index in [1.807, 2.05) is 54.3 Å². The SMILES string of the molecule is CCN1C(=O)[C@@H](Cc2ccccc2OC)c2ccccc21.